The van der Waals surface area contributed by atoms with Crippen molar-refractivity contribution in [3.8, 4) is 17.6 Å². The van der Waals surface area contributed by atoms with Gasteiger partial charge in [0.25, 0.3) is 0 Å². The minimum atomic E-state index is -0.277. The summed E-state index contributed by atoms with van der Waals surface area (Å²) < 4.78 is 11.2. The van der Waals surface area contributed by atoms with Gasteiger partial charge in [0.2, 0.25) is 5.91 Å². The topological polar surface area (TPSA) is 71.3 Å². The molecule has 0 aliphatic carbocycles. The van der Waals surface area contributed by atoms with Gasteiger partial charge in [-0.25, -0.2) is 0 Å². The average molecular weight is 393 g/mol. The molecule has 136 valence electrons. The molecule has 26 heavy (non-hydrogen) atoms. The fraction of sp³-hybridized carbons (Fsp3) is 0.263. The number of hydrogen-bond donors (Lipinski definition) is 1. The third-order valence-corrected chi connectivity index (χ3v) is 4.32. The van der Waals surface area contributed by atoms with Crippen LogP contribution in [0.25, 0.3) is 0 Å². The zero-order valence-corrected chi connectivity index (χ0v) is 15.7. The number of amides is 1. The molecular weight excluding hydrogens is 375 g/mol. The van der Waals surface area contributed by atoms with Crippen LogP contribution < -0.4 is 14.8 Å². The third kappa shape index (κ3) is 5.83. The maximum absolute atomic E-state index is 11.3. The molecule has 0 aromatic heterocycles. The molecule has 0 atom stereocenters. The Labute approximate surface area is 162 Å². The number of carbonyl (C=O) groups is 1. The largest absolute Gasteiger partial charge is 0.493 e. The summed E-state index contributed by atoms with van der Waals surface area (Å²) in [5.74, 6) is 0.933. The predicted molar refractivity (Wildman–Crippen MR) is 101 cm³/mol. The molecule has 0 bridgehead atoms. The monoisotopic (exact) mass is 392 g/mol. The van der Waals surface area contributed by atoms with Crippen molar-refractivity contribution < 1.29 is 14.3 Å². The first-order valence-electron chi connectivity index (χ1n) is 7.90. The minimum absolute atomic E-state index is 0.134. The minimum Gasteiger partial charge on any atom is -0.493 e. The van der Waals surface area contributed by atoms with E-state index in [1.54, 1.807) is 19.2 Å². The van der Waals surface area contributed by atoms with E-state index in [0.29, 0.717) is 41.1 Å². The molecular formula is C19H18Cl2N2O3. The molecule has 0 aliphatic heterocycles. The Morgan fingerprint density at radius 3 is 2.58 bits per heavy atom. The second kappa shape index (κ2) is 9.91. The van der Waals surface area contributed by atoms with Crippen LogP contribution in [0, 0.1) is 11.3 Å². The molecule has 2 rings (SSSR count). The summed E-state index contributed by atoms with van der Waals surface area (Å²) in [6.45, 7) is 0.782. The van der Waals surface area contributed by atoms with Crippen LogP contribution in [0.2, 0.25) is 10.0 Å². The van der Waals surface area contributed by atoms with Gasteiger partial charge in [0.1, 0.15) is 13.0 Å². The van der Waals surface area contributed by atoms with Gasteiger partial charge in [-0.05, 0) is 41.8 Å². The van der Waals surface area contributed by atoms with Crippen molar-refractivity contribution >= 4 is 29.1 Å². The summed E-state index contributed by atoms with van der Waals surface area (Å²) in [6, 6.07) is 12.7. The lowest BCUT2D eigenvalue weighted by molar-refractivity contribution is -0.120. The number of carbonyl (C=O) groups excluding carboxylic acids is 1. The van der Waals surface area contributed by atoms with Crippen molar-refractivity contribution in [3.63, 3.8) is 0 Å². The summed E-state index contributed by atoms with van der Waals surface area (Å²) >= 11 is 11.9. The molecule has 0 saturated carbocycles. The molecule has 0 spiro atoms. The summed E-state index contributed by atoms with van der Waals surface area (Å²) in [5.41, 5.74) is 1.88. The molecule has 0 heterocycles. The quantitative estimate of drug-likeness (QED) is 0.731. The number of nitriles is 1. The molecule has 0 aliphatic rings. The van der Waals surface area contributed by atoms with Crippen LogP contribution in [0.15, 0.2) is 36.4 Å². The second-order valence-electron chi connectivity index (χ2n) is 5.46. The maximum Gasteiger partial charge on any atom is 0.234 e. The first-order chi connectivity index (χ1) is 12.5. The molecule has 0 fully saturated rings. The van der Waals surface area contributed by atoms with Gasteiger partial charge in [-0.15, -0.1) is 0 Å². The molecule has 2 aromatic rings. The fourth-order valence-corrected chi connectivity index (χ4v) is 2.58. The van der Waals surface area contributed by atoms with E-state index >= 15 is 0 Å². The number of nitrogens with one attached hydrogen (secondary N) is 1. The smallest absolute Gasteiger partial charge is 0.234 e. The van der Waals surface area contributed by atoms with E-state index in [1.807, 2.05) is 30.3 Å². The standard InChI is InChI=1S/C19H18Cl2N2O3/c1-25-18-11-13(7-9-23-19(24)6-8-22)3-5-17(18)26-12-14-2-4-15(20)16(21)10-14/h2-5,10-11H,6-7,9,12H2,1H3,(H,23,24). The van der Waals surface area contributed by atoms with E-state index < -0.39 is 0 Å². The maximum atomic E-state index is 11.3. The number of methoxy groups -OCH3 is 1. The van der Waals surface area contributed by atoms with Crippen LogP contribution >= 0.6 is 23.2 Å². The Balaban J connectivity index is 1.96. The molecule has 7 heteroatoms. The highest BCUT2D eigenvalue weighted by molar-refractivity contribution is 6.42. The molecule has 1 N–H and O–H groups in total. The number of halogens is 2. The first-order valence-corrected chi connectivity index (χ1v) is 8.66. The highest BCUT2D eigenvalue weighted by atomic mass is 35.5. The van der Waals surface area contributed by atoms with Crippen molar-refractivity contribution in [2.24, 2.45) is 0 Å². The van der Waals surface area contributed by atoms with Crippen LogP contribution in [-0.2, 0) is 17.8 Å². The molecule has 1 amide bonds. The van der Waals surface area contributed by atoms with Crippen molar-refractivity contribution in [1.82, 2.24) is 5.32 Å². The lowest BCUT2D eigenvalue weighted by Crippen LogP contribution is -2.24. The van der Waals surface area contributed by atoms with Crippen LogP contribution in [0.3, 0.4) is 0 Å². The Morgan fingerprint density at radius 2 is 1.88 bits per heavy atom. The van der Waals surface area contributed by atoms with Crippen molar-refractivity contribution in [2.75, 3.05) is 13.7 Å². The Morgan fingerprint density at radius 1 is 1.12 bits per heavy atom. The van der Waals surface area contributed by atoms with Gasteiger partial charge < -0.3 is 14.8 Å². The van der Waals surface area contributed by atoms with E-state index in [4.69, 9.17) is 37.9 Å². The molecule has 0 radical (unpaired) electrons. The number of ether oxygens (including phenoxy) is 2. The van der Waals surface area contributed by atoms with E-state index in [2.05, 4.69) is 5.32 Å². The summed E-state index contributed by atoms with van der Waals surface area (Å²) in [6.07, 6.45) is 0.491. The summed E-state index contributed by atoms with van der Waals surface area (Å²) in [4.78, 5) is 11.3. The first kappa shape index (κ1) is 19.9. The SMILES string of the molecule is COc1cc(CCNC(=O)CC#N)ccc1OCc1ccc(Cl)c(Cl)c1. The molecule has 5 nitrogen and oxygen atoms in total. The van der Waals surface area contributed by atoms with Crippen LogP contribution in [0.4, 0.5) is 0 Å². The summed E-state index contributed by atoms with van der Waals surface area (Å²) in [7, 11) is 1.57. The van der Waals surface area contributed by atoms with E-state index in [0.717, 1.165) is 11.1 Å². The van der Waals surface area contributed by atoms with E-state index in [9.17, 15) is 4.79 Å². The number of rotatable bonds is 8. The zero-order valence-electron chi connectivity index (χ0n) is 14.2. The van der Waals surface area contributed by atoms with Gasteiger partial charge in [0, 0.05) is 6.54 Å². The van der Waals surface area contributed by atoms with Gasteiger partial charge in [-0.3, -0.25) is 4.79 Å². The fourth-order valence-electron chi connectivity index (χ4n) is 2.26. The lowest BCUT2D eigenvalue weighted by atomic mass is 10.1. The summed E-state index contributed by atoms with van der Waals surface area (Å²) in [5, 5.41) is 12.1. The Hall–Kier alpha value is -2.42. The van der Waals surface area contributed by atoms with E-state index in [1.165, 1.54) is 0 Å². The average Bonchev–Trinajstić information content (AvgIpc) is 2.63. The van der Waals surface area contributed by atoms with Crippen LogP contribution in [0.5, 0.6) is 11.5 Å². The van der Waals surface area contributed by atoms with Gasteiger partial charge in [-0.2, -0.15) is 5.26 Å². The number of hydrogen-bond acceptors (Lipinski definition) is 4. The Kier molecular flexibility index (Phi) is 7.58. The molecule has 2 aromatic carbocycles. The van der Waals surface area contributed by atoms with E-state index in [-0.39, 0.29) is 12.3 Å². The predicted octanol–water partition coefficient (Wildman–Crippen LogP) is 4.15. The van der Waals surface area contributed by atoms with Gasteiger partial charge in [0.15, 0.2) is 11.5 Å². The van der Waals surface area contributed by atoms with Crippen molar-refractivity contribution in [1.29, 1.82) is 5.26 Å². The highest BCUT2D eigenvalue weighted by Gasteiger charge is 2.08. The van der Waals surface area contributed by atoms with Gasteiger partial charge >= 0.3 is 0 Å². The molecule has 0 saturated heterocycles. The lowest BCUT2D eigenvalue weighted by Gasteiger charge is -2.13. The number of nitrogens with zero attached hydrogens (tertiary/aromatic N) is 1. The number of benzene rings is 2. The highest BCUT2D eigenvalue weighted by Crippen LogP contribution is 2.30. The second-order valence-corrected chi connectivity index (χ2v) is 6.27. The molecule has 0 unspecified atom stereocenters. The third-order valence-electron chi connectivity index (χ3n) is 3.58. The van der Waals surface area contributed by atoms with Crippen LogP contribution in [-0.4, -0.2) is 19.6 Å². The zero-order chi connectivity index (χ0) is 18.9. The van der Waals surface area contributed by atoms with Crippen molar-refractivity contribution in [2.45, 2.75) is 19.4 Å². The van der Waals surface area contributed by atoms with Gasteiger partial charge in [0.05, 0.1) is 23.2 Å². The normalized spacial score (nSPS) is 10.1. The van der Waals surface area contributed by atoms with Crippen LogP contribution in [0.1, 0.15) is 17.5 Å². The van der Waals surface area contributed by atoms with Gasteiger partial charge in [-0.1, -0.05) is 35.3 Å². The van der Waals surface area contributed by atoms with Crippen molar-refractivity contribution in [3.05, 3.63) is 57.6 Å². The Bertz CT molecular complexity index is 819.